The first-order valence-electron chi connectivity index (χ1n) is 7.50. The van der Waals surface area contributed by atoms with Crippen LogP contribution in [0.1, 0.15) is 30.8 Å². The van der Waals surface area contributed by atoms with Gasteiger partial charge in [-0.25, -0.2) is 0 Å². The number of hydrogen-bond acceptors (Lipinski definition) is 4. The SMILES string of the molecule is CC(C)CN(CCC(=O)O)C(=O)c1cc(-c2ccccc2)on1. The van der Waals surface area contributed by atoms with Gasteiger partial charge in [0.15, 0.2) is 11.5 Å². The Balaban J connectivity index is 2.16. The van der Waals surface area contributed by atoms with Crippen LogP contribution in [-0.2, 0) is 4.79 Å². The quantitative estimate of drug-likeness (QED) is 0.849. The van der Waals surface area contributed by atoms with Gasteiger partial charge in [0.2, 0.25) is 0 Å². The van der Waals surface area contributed by atoms with Crippen molar-refractivity contribution in [2.45, 2.75) is 20.3 Å². The predicted octanol–water partition coefficient (Wildman–Crippen LogP) is 2.91. The van der Waals surface area contributed by atoms with E-state index in [1.807, 2.05) is 44.2 Å². The molecule has 1 aromatic heterocycles. The summed E-state index contributed by atoms with van der Waals surface area (Å²) in [4.78, 5) is 24.8. The third-order valence-corrected chi connectivity index (χ3v) is 3.26. The maximum absolute atomic E-state index is 12.5. The first-order valence-corrected chi connectivity index (χ1v) is 7.50. The van der Waals surface area contributed by atoms with Crippen molar-refractivity contribution >= 4 is 11.9 Å². The molecule has 0 saturated heterocycles. The molecule has 0 bridgehead atoms. The number of aliphatic carboxylic acids is 1. The van der Waals surface area contributed by atoms with Crippen LogP contribution in [0.5, 0.6) is 0 Å². The minimum Gasteiger partial charge on any atom is -0.481 e. The fourth-order valence-corrected chi connectivity index (χ4v) is 2.22. The predicted molar refractivity (Wildman–Crippen MR) is 84.9 cm³/mol. The summed E-state index contributed by atoms with van der Waals surface area (Å²) in [5.74, 6) is -0.507. The first kappa shape index (κ1) is 16.7. The molecule has 0 aliphatic carbocycles. The summed E-state index contributed by atoms with van der Waals surface area (Å²) in [5.41, 5.74) is 1.02. The topological polar surface area (TPSA) is 83.6 Å². The number of hydrogen-bond donors (Lipinski definition) is 1. The third kappa shape index (κ3) is 4.67. The summed E-state index contributed by atoms with van der Waals surface area (Å²) in [7, 11) is 0. The number of carbonyl (C=O) groups is 2. The van der Waals surface area contributed by atoms with Crippen LogP contribution in [0.2, 0.25) is 0 Å². The van der Waals surface area contributed by atoms with Gasteiger partial charge >= 0.3 is 5.97 Å². The molecule has 2 aromatic rings. The van der Waals surface area contributed by atoms with Crippen molar-refractivity contribution in [2.75, 3.05) is 13.1 Å². The first-order chi connectivity index (χ1) is 11.0. The van der Waals surface area contributed by atoms with E-state index in [0.29, 0.717) is 12.3 Å². The van der Waals surface area contributed by atoms with Crippen LogP contribution in [0, 0.1) is 5.92 Å². The van der Waals surface area contributed by atoms with Crippen molar-refractivity contribution in [1.29, 1.82) is 0 Å². The average molecular weight is 316 g/mol. The highest BCUT2D eigenvalue weighted by Crippen LogP contribution is 2.20. The fourth-order valence-electron chi connectivity index (χ4n) is 2.22. The van der Waals surface area contributed by atoms with Gasteiger partial charge in [0.25, 0.3) is 5.91 Å². The zero-order chi connectivity index (χ0) is 16.8. The highest BCUT2D eigenvalue weighted by Gasteiger charge is 2.21. The molecule has 1 aromatic carbocycles. The summed E-state index contributed by atoms with van der Waals surface area (Å²) < 4.78 is 5.24. The number of carboxylic acids is 1. The summed E-state index contributed by atoms with van der Waals surface area (Å²) in [5, 5.41) is 12.7. The van der Waals surface area contributed by atoms with Crippen molar-refractivity contribution in [3.05, 3.63) is 42.1 Å². The van der Waals surface area contributed by atoms with E-state index < -0.39 is 5.97 Å². The zero-order valence-corrected chi connectivity index (χ0v) is 13.2. The van der Waals surface area contributed by atoms with Gasteiger partial charge in [-0.05, 0) is 5.92 Å². The lowest BCUT2D eigenvalue weighted by Crippen LogP contribution is -2.36. The smallest absolute Gasteiger partial charge is 0.305 e. The van der Waals surface area contributed by atoms with Crippen molar-refractivity contribution in [1.82, 2.24) is 10.1 Å². The molecule has 0 saturated carbocycles. The summed E-state index contributed by atoms with van der Waals surface area (Å²) in [6.45, 7) is 4.57. The van der Waals surface area contributed by atoms with Crippen LogP contribution >= 0.6 is 0 Å². The molecule has 0 aliphatic rings. The standard InChI is InChI=1S/C17H20N2O4/c1-12(2)11-19(9-8-16(20)21)17(22)14-10-15(23-18-14)13-6-4-3-5-7-13/h3-7,10,12H,8-9,11H2,1-2H3,(H,20,21). The Morgan fingerprint density at radius 3 is 2.57 bits per heavy atom. The van der Waals surface area contributed by atoms with Gasteiger partial charge in [-0.15, -0.1) is 0 Å². The summed E-state index contributed by atoms with van der Waals surface area (Å²) >= 11 is 0. The van der Waals surface area contributed by atoms with Crippen LogP contribution in [0.3, 0.4) is 0 Å². The van der Waals surface area contributed by atoms with Crippen LogP contribution in [-0.4, -0.2) is 40.1 Å². The number of carbonyl (C=O) groups excluding carboxylic acids is 1. The molecule has 0 unspecified atom stereocenters. The van der Waals surface area contributed by atoms with Gasteiger partial charge in [-0.1, -0.05) is 49.3 Å². The highest BCUT2D eigenvalue weighted by atomic mass is 16.5. The van der Waals surface area contributed by atoms with E-state index in [2.05, 4.69) is 5.16 Å². The van der Waals surface area contributed by atoms with Crippen LogP contribution in [0.4, 0.5) is 0 Å². The molecule has 0 atom stereocenters. The molecule has 6 heteroatoms. The average Bonchev–Trinajstić information content (AvgIpc) is 3.01. The lowest BCUT2D eigenvalue weighted by molar-refractivity contribution is -0.137. The zero-order valence-electron chi connectivity index (χ0n) is 13.2. The largest absolute Gasteiger partial charge is 0.481 e. The molecule has 0 spiro atoms. The summed E-state index contributed by atoms with van der Waals surface area (Å²) in [6, 6.07) is 11.0. The Morgan fingerprint density at radius 2 is 1.96 bits per heavy atom. The fraction of sp³-hybridized carbons (Fsp3) is 0.353. The molecule has 0 radical (unpaired) electrons. The third-order valence-electron chi connectivity index (χ3n) is 3.26. The Labute approximate surface area is 134 Å². The van der Waals surface area contributed by atoms with Crippen molar-refractivity contribution in [3.8, 4) is 11.3 Å². The molecule has 122 valence electrons. The maximum atomic E-state index is 12.5. The van der Waals surface area contributed by atoms with E-state index in [1.165, 1.54) is 4.90 Å². The van der Waals surface area contributed by atoms with Gasteiger partial charge in [0.1, 0.15) is 0 Å². The molecule has 2 rings (SSSR count). The van der Waals surface area contributed by atoms with Crippen LogP contribution < -0.4 is 0 Å². The number of benzene rings is 1. The second-order valence-electron chi connectivity index (χ2n) is 5.73. The van der Waals surface area contributed by atoms with Gasteiger partial charge in [0, 0.05) is 24.7 Å². The van der Waals surface area contributed by atoms with E-state index >= 15 is 0 Å². The van der Waals surface area contributed by atoms with Crippen molar-refractivity contribution in [3.63, 3.8) is 0 Å². The summed E-state index contributed by atoms with van der Waals surface area (Å²) in [6.07, 6.45) is -0.0954. The Morgan fingerprint density at radius 1 is 1.26 bits per heavy atom. The van der Waals surface area contributed by atoms with E-state index in [9.17, 15) is 9.59 Å². The molecule has 1 N–H and O–H groups in total. The molecule has 1 heterocycles. The minimum atomic E-state index is -0.934. The number of rotatable bonds is 7. The molecular weight excluding hydrogens is 296 g/mol. The lowest BCUT2D eigenvalue weighted by atomic mass is 10.1. The normalized spacial score (nSPS) is 10.7. The molecule has 1 amide bonds. The number of carboxylic acid groups (broad SMARTS) is 1. The number of amides is 1. The Bertz CT molecular complexity index is 664. The van der Waals surface area contributed by atoms with Gasteiger partial charge in [-0.2, -0.15) is 0 Å². The maximum Gasteiger partial charge on any atom is 0.305 e. The monoisotopic (exact) mass is 316 g/mol. The van der Waals surface area contributed by atoms with Crippen molar-refractivity contribution in [2.24, 2.45) is 5.92 Å². The van der Waals surface area contributed by atoms with Gasteiger partial charge < -0.3 is 14.5 Å². The molecule has 23 heavy (non-hydrogen) atoms. The number of nitrogens with zero attached hydrogens (tertiary/aromatic N) is 2. The minimum absolute atomic E-state index is 0.0954. The molecule has 6 nitrogen and oxygen atoms in total. The van der Waals surface area contributed by atoms with E-state index in [4.69, 9.17) is 9.63 Å². The van der Waals surface area contributed by atoms with Crippen LogP contribution in [0.25, 0.3) is 11.3 Å². The second kappa shape index (κ2) is 7.58. The molecule has 0 fully saturated rings. The van der Waals surface area contributed by atoms with E-state index in [1.54, 1.807) is 6.07 Å². The highest BCUT2D eigenvalue weighted by molar-refractivity contribution is 5.93. The Kier molecular flexibility index (Phi) is 5.51. The molecular formula is C17H20N2O4. The van der Waals surface area contributed by atoms with E-state index in [-0.39, 0.29) is 30.5 Å². The van der Waals surface area contributed by atoms with Gasteiger partial charge in [-0.3, -0.25) is 9.59 Å². The van der Waals surface area contributed by atoms with Crippen LogP contribution in [0.15, 0.2) is 40.9 Å². The Hall–Kier alpha value is -2.63. The van der Waals surface area contributed by atoms with E-state index in [0.717, 1.165) is 5.56 Å². The second-order valence-corrected chi connectivity index (χ2v) is 5.73. The number of aromatic nitrogens is 1. The lowest BCUT2D eigenvalue weighted by Gasteiger charge is -2.22. The van der Waals surface area contributed by atoms with Gasteiger partial charge in [0.05, 0.1) is 6.42 Å². The molecule has 0 aliphatic heterocycles. The van der Waals surface area contributed by atoms with Crippen molar-refractivity contribution < 1.29 is 19.2 Å².